The van der Waals surface area contributed by atoms with Crippen LogP contribution in [0.5, 0.6) is 0 Å². The number of halogens is 1. The first-order valence-corrected chi connectivity index (χ1v) is 66.9. The molecular weight excluding hydrogens is 1730 g/mol. The minimum absolute atomic E-state index is 0. The van der Waals surface area contributed by atoms with Crippen LogP contribution in [-0.2, 0) is 28.3 Å². The van der Waals surface area contributed by atoms with E-state index >= 15 is 9.53 Å². The smallest absolute Gasteiger partial charge is 0 e. The molecule has 0 aliphatic heterocycles. The fourth-order valence-electron chi connectivity index (χ4n) is 22.2. The average Bonchev–Trinajstić information content (AvgIpc) is 0.513. The minimum atomic E-state index is -10.5. The Morgan fingerprint density at radius 3 is 0.205 bits per heavy atom. The first-order valence-electron chi connectivity index (χ1n) is 40.0. The molecule has 585 valence electrons. The van der Waals surface area contributed by atoms with Crippen LogP contribution in [-0.4, -0.2) is 0 Å². The van der Waals surface area contributed by atoms with Crippen LogP contribution in [0.15, 0.2) is 546 Å². The van der Waals surface area contributed by atoms with E-state index in [1.807, 2.05) is 0 Å². The van der Waals surface area contributed by atoms with Crippen LogP contribution in [0, 0.1) is 0 Å². The van der Waals surface area contributed by atoms with Gasteiger partial charge in [0.2, 0.25) is 0 Å². The number of benzene rings is 18. The van der Waals surface area contributed by atoms with E-state index in [1.54, 1.807) is 0 Å². The standard InChI is InChI=1S/6C18H15P.ClH.2Pd/c6*1-4-10-16(11-5-1)19(17-12-6-2-7-13-17)18-14-8-3-9-15-18;;;/h6*1-15H;1H;;/q;;;;;;;;-5/p+5. The van der Waals surface area contributed by atoms with Crippen LogP contribution < -0.4 is 95.5 Å². The van der Waals surface area contributed by atoms with Gasteiger partial charge in [-0.05, 0) is 0 Å². The van der Waals surface area contributed by atoms with E-state index in [4.69, 9.17) is 0 Å². The van der Waals surface area contributed by atoms with E-state index in [0.717, 1.165) is 0 Å². The predicted molar refractivity (Wildman–Crippen MR) is 525 cm³/mol. The Balaban J connectivity index is 0.00000983. The second-order valence-electron chi connectivity index (χ2n) is 29.8. The van der Waals surface area contributed by atoms with Crippen molar-refractivity contribution in [3.63, 3.8) is 0 Å². The summed E-state index contributed by atoms with van der Waals surface area (Å²) in [4.78, 5) is 0. The molecule has 0 bridgehead atoms. The predicted octanol–water partition coefficient (Wildman–Crippen LogP) is 19.7. The molecule has 0 unspecified atom stereocenters. The third-order valence-corrected chi connectivity index (χ3v) is 283. The number of hydrogen-bond acceptors (Lipinski definition) is 0. The van der Waals surface area contributed by atoms with Crippen LogP contribution in [0.4, 0.5) is 0 Å². The Hall–Kier alpha value is -9.85. The molecule has 0 amide bonds. The molecule has 9 heteroatoms. The van der Waals surface area contributed by atoms with E-state index < -0.39 is 40.6 Å². The number of hydrogen-bond donors (Lipinski definition) is 0. The van der Waals surface area contributed by atoms with Crippen molar-refractivity contribution in [3.05, 3.63) is 546 Å². The Labute approximate surface area is 705 Å². The molecule has 18 aromatic rings. The molecule has 0 radical (unpaired) electrons. The van der Waals surface area contributed by atoms with Gasteiger partial charge in [-0.3, -0.25) is 0 Å². The molecule has 0 fully saturated rings. The summed E-state index contributed by atoms with van der Waals surface area (Å²) in [5, 5.41) is 22.1. The molecule has 0 aliphatic rings. The van der Waals surface area contributed by atoms with E-state index in [1.165, 1.54) is 95.5 Å². The minimum Gasteiger partial charge on any atom is 0 e. The van der Waals surface area contributed by atoms with Crippen molar-refractivity contribution < 1.29 is 28.3 Å². The van der Waals surface area contributed by atoms with Crippen LogP contribution in [0.1, 0.15) is 0 Å². The largest absolute Gasteiger partial charge is 0 e. The molecule has 0 spiro atoms. The van der Waals surface area contributed by atoms with Crippen molar-refractivity contribution in [2.75, 3.05) is 0 Å². The quantitative estimate of drug-likeness (QED) is 0.0418. The summed E-state index contributed by atoms with van der Waals surface area (Å²) in [6, 6.07) is 226. The maximum Gasteiger partial charge on any atom is 0 e. The van der Waals surface area contributed by atoms with Gasteiger partial charge >= 0.3 is 692 Å². The molecular formula is C108H96ClP6Pd2. The molecule has 0 atom stereocenters. The maximum atomic E-state index is 16.0. The summed E-state index contributed by atoms with van der Waals surface area (Å²) >= 11 is 0. The topological polar surface area (TPSA) is 0 Å². The first kappa shape index (κ1) is 79.6. The molecule has 18 aromatic carbocycles. The van der Waals surface area contributed by atoms with Gasteiger partial charge < -0.3 is 0 Å². The van der Waals surface area contributed by atoms with Gasteiger partial charge in [-0.2, -0.15) is 0 Å². The second-order valence-corrected chi connectivity index (χ2v) is 149. The van der Waals surface area contributed by atoms with E-state index in [0.29, 0.717) is 0 Å². The Morgan fingerprint density at radius 1 is 0.103 bits per heavy atom. The molecule has 0 heterocycles. The van der Waals surface area contributed by atoms with Gasteiger partial charge in [0.05, 0.1) is 0 Å². The van der Waals surface area contributed by atoms with Gasteiger partial charge in [0, 0.05) is 20.4 Å². The van der Waals surface area contributed by atoms with Crippen molar-refractivity contribution in [1.29, 1.82) is 0 Å². The van der Waals surface area contributed by atoms with Crippen molar-refractivity contribution >= 4 is 138 Å². The van der Waals surface area contributed by atoms with E-state index in [-0.39, 0.29) is 20.4 Å². The number of rotatable bonds is 24. The third kappa shape index (κ3) is 9.39. The van der Waals surface area contributed by atoms with Crippen molar-refractivity contribution in [2.45, 2.75) is 0 Å². The zero-order valence-corrected chi connectivity index (χ0v) is 74.8. The fourth-order valence-corrected chi connectivity index (χ4v) is 440. The van der Waals surface area contributed by atoms with Crippen LogP contribution in [0.2, 0.25) is 0 Å². The van der Waals surface area contributed by atoms with Crippen molar-refractivity contribution in [3.8, 4) is 0 Å². The van der Waals surface area contributed by atoms with E-state index in [9.17, 15) is 0 Å². The molecule has 117 heavy (non-hydrogen) atoms. The summed E-state index contributed by atoms with van der Waals surface area (Å²) < 4.78 is 0. The van der Waals surface area contributed by atoms with Crippen LogP contribution >= 0.6 is 42.2 Å². The van der Waals surface area contributed by atoms with Gasteiger partial charge in [0.1, 0.15) is 0 Å². The Bertz CT molecular complexity index is 4710. The van der Waals surface area contributed by atoms with Crippen molar-refractivity contribution in [1.82, 2.24) is 0 Å². The fraction of sp³-hybridized carbons (Fsp3) is 0. The summed E-state index contributed by atoms with van der Waals surface area (Å²) in [5.41, 5.74) is -34.9. The van der Waals surface area contributed by atoms with Gasteiger partial charge in [0.15, 0.2) is 0 Å². The molecule has 0 aliphatic carbocycles. The summed E-state index contributed by atoms with van der Waals surface area (Å²) in [6.45, 7) is 0. The monoisotopic (exact) mass is 1830 g/mol. The Morgan fingerprint density at radius 2 is 0.154 bits per heavy atom. The molecule has 0 saturated carbocycles. The van der Waals surface area contributed by atoms with E-state index in [2.05, 4.69) is 546 Å². The molecule has 18 rings (SSSR count). The van der Waals surface area contributed by atoms with Gasteiger partial charge in [0.25, 0.3) is 0 Å². The zero-order chi connectivity index (χ0) is 78.4. The summed E-state index contributed by atoms with van der Waals surface area (Å²) in [5.74, 6) is 0. The SMILES string of the molecule is [Cl][Pd]([PH](c1ccccc1)(c1ccccc1)c1ccccc1)([PH](c1ccccc1)(c1ccccc1)c1ccccc1)([PH](c1ccccc1)(c1ccccc1)c1ccccc1)([PH](c1ccccc1)(c1ccccc1)c1ccccc1)([PH](c1ccccc1)(c1ccccc1)c1ccccc1)[PH](c1ccccc1)(c1ccccc1)c1ccccc1.[Pd]. The molecule has 0 aromatic heterocycles. The van der Waals surface area contributed by atoms with Gasteiger partial charge in [-0.15, -0.1) is 0 Å². The third-order valence-electron chi connectivity index (χ3n) is 24.9. The van der Waals surface area contributed by atoms with Crippen molar-refractivity contribution in [2.24, 2.45) is 0 Å². The van der Waals surface area contributed by atoms with Gasteiger partial charge in [-0.1, -0.05) is 0 Å². The van der Waals surface area contributed by atoms with Gasteiger partial charge in [-0.25, -0.2) is 0 Å². The molecule has 0 saturated heterocycles. The average molecular weight is 1830 g/mol. The van der Waals surface area contributed by atoms with Crippen LogP contribution in [0.3, 0.4) is 0 Å². The summed E-state index contributed by atoms with van der Waals surface area (Å²) in [6.07, 6.45) is 0. The zero-order valence-electron chi connectivity index (χ0n) is 65.0. The van der Waals surface area contributed by atoms with Crippen LogP contribution in [0.25, 0.3) is 0 Å². The molecule has 0 N–H and O–H groups in total. The maximum absolute atomic E-state index is 16.0. The second kappa shape index (κ2) is 32.1. The normalized spacial score (nSPS) is 13.9. The summed E-state index contributed by atoms with van der Waals surface area (Å²) in [7, 11) is 5.54. The first-order chi connectivity index (χ1) is 57.4. The molecule has 0 nitrogen and oxygen atoms in total. The Kier molecular flexibility index (Phi) is 21.9.